The van der Waals surface area contributed by atoms with Crippen LogP contribution in [0.3, 0.4) is 0 Å². The summed E-state index contributed by atoms with van der Waals surface area (Å²) >= 11 is 0. The zero-order valence-electron chi connectivity index (χ0n) is 12.9. The van der Waals surface area contributed by atoms with Crippen molar-refractivity contribution in [1.82, 2.24) is 9.97 Å². The Labute approximate surface area is 132 Å². The summed E-state index contributed by atoms with van der Waals surface area (Å²) in [6.07, 6.45) is 3.32. The van der Waals surface area contributed by atoms with E-state index in [0.717, 1.165) is 5.39 Å². The van der Waals surface area contributed by atoms with E-state index in [0.29, 0.717) is 16.8 Å². The molecule has 0 aliphatic heterocycles. The van der Waals surface area contributed by atoms with Gasteiger partial charge in [0.25, 0.3) is 0 Å². The van der Waals surface area contributed by atoms with E-state index in [1.54, 1.807) is 32.3 Å². The van der Waals surface area contributed by atoms with Crippen LogP contribution in [-0.2, 0) is 0 Å². The van der Waals surface area contributed by atoms with E-state index in [2.05, 4.69) is 9.97 Å². The van der Waals surface area contributed by atoms with E-state index in [4.69, 9.17) is 10.5 Å². The first-order chi connectivity index (χ1) is 10.8. The van der Waals surface area contributed by atoms with Crippen molar-refractivity contribution in [3.05, 3.63) is 48.3 Å². The summed E-state index contributed by atoms with van der Waals surface area (Å²) in [6, 6.07) is 6.10. The highest BCUT2D eigenvalue weighted by Crippen LogP contribution is 2.32. The molecule has 0 amide bonds. The van der Waals surface area contributed by atoms with Crippen LogP contribution >= 0.6 is 0 Å². The molecule has 23 heavy (non-hydrogen) atoms. The fourth-order valence-corrected chi connectivity index (χ4v) is 2.31. The lowest BCUT2D eigenvalue weighted by atomic mass is 10.1. The van der Waals surface area contributed by atoms with Gasteiger partial charge in [0.05, 0.1) is 0 Å². The molecule has 0 aliphatic carbocycles. The Morgan fingerprint density at radius 3 is 2.61 bits per heavy atom. The van der Waals surface area contributed by atoms with Gasteiger partial charge in [0.1, 0.15) is 12.3 Å². The van der Waals surface area contributed by atoms with Gasteiger partial charge in [0.15, 0.2) is 17.4 Å². The first kappa shape index (κ1) is 15.4. The molecule has 4 nitrogen and oxygen atoms in total. The second kappa shape index (κ2) is 5.62. The molecular weight excluding hydrogens is 300 g/mol. The minimum atomic E-state index is -0.762. The predicted octanol–water partition coefficient (Wildman–Crippen LogP) is 3.62. The highest BCUT2D eigenvalue weighted by atomic mass is 19.1. The SMILES string of the molecule is CC(C)(N)COc1c(F)cc(-c2c[nH]c3ncccc23)cc1F. The molecule has 6 heteroatoms. The number of halogens is 2. The smallest absolute Gasteiger partial charge is 0.190 e. The number of pyridine rings is 1. The highest BCUT2D eigenvalue weighted by Gasteiger charge is 2.19. The number of benzene rings is 1. The third-order valence-electron chi connectivity index (χ3n) is 3.35. The Kier molecular flexibility index (Phi) is 3.77. The van der Waals surface area contributed by atoms with E-state index in [9.17, 15) is 8.78 Å². The third-order valence-corrected chi connectivity index (χ3v) is 3.35. The van der Waals surface area contributed by atoms with E-state index in [1.165, 1.54) is 12.1 Å². The Balaban J connectivity index is 1.99. The number of fused-ring (bicyclic) bond motifs is 1. The van der Waals surface area contributed by atoms with Gasteiger partial charge in [-0.05, 0) is 43.7 Å². The van der Waals surface area contributed by atoms with Crippen LogP contribution < -0.4 is 10.5 Å². The average molecular weight is 317 g/mol. The van der Waals surface area contributed by atoms with E-state index >= 15 is 0 Å². The summed E-state index contributed by atoms with van der Waals surface area (Å²) in [7, 11) is 0. The Hall–Kier alpha value is -2.47. The second-order valence-electron chi connectivity index (χ2n) is 6.15. The van der Waals surface area contributed by atoms with Crippen molar-refractivity contribution in [2.24, 2.45) is 5.73 Å². The van der Waals surface area contributed by atoms with Crippen LogP contribution in [0.1, 0.15) is 13.8 Å². The maximum atomic E-state index is 14.2. The molecule has 0 atom stereocenters. The summed E-state index contributed by atoms with van der Waals surface area (Å²) in [5.74, 6) is -1.93. The van der Waals surface area contributed by atoms with Gasteiger partial charge < -0.3 is 15.5 Å². The molecule has 3 aromatic rings. The van der Waals surface area contributed by atoms with Crippen LogP contribution in [0.4, 0.5) is 8.78 Å². The van der Waals surface area contributed by atoms with Crippen LogP contribution in [0.15, 0.2) is 36.7 Å². The molecule has 0 radical (unpaired) electrons. The van der Waals surface area contributed by atoms with Gasteiger partial charge >= 0.3 is 0 Å². The number of nitrogens with one attached hydrogen (secondary N) is 1. The molecule has 3 rings (SSSR count). The Bertz CT molecular complexity index is 829. The first-order valence-electron chi connectivity index (χ1n) is 7.18. The zero-order chi connectivity index (χ0) is 16.6. The third kappa shape index (κ3) is 3.17. The summed E-state index contributed by atoms with van der Waals surface area (Å²) in [4.78, 5) is 7.15. The quantitative estimate of drug-likeness (QED) is 0.772. The van der Waals surface area contributed by atoms with Gasteiger partial charge in [-0.2, -0.15) is 0 Å². The second-order valence-corrected chi connectivity index (χ2v) is 6.15. The van der Waals surface area contributed by atoms with Crippen molar-refractivity contribution in [3.8, 4) is 16.9 Å². The van der Waals surface area contributed by atoms with Crippen molar-refractivity contribution in [2.75, 3.05) is 6.61 Å². The van der Waals surface area contributed by atoms with Gasteiger partial charge in [-0.15, -0.1) is 0 Å². The van der Waals surface area contributed by atoms with Crippen molar-refractivity contribution >= 4 is 11.0 Å². The number of H-pyrrole nitrogens is 1. The highest BCUT2D eigenvalue weighted by molar-refractivity contribution is 5.93. The lowest BCUT2D eigenvalue weighted by molar-refractivity contribution is 0.224. The largest absolute Gasteiger partial charge is 0.486 e. The molecule has 0 spiro atoms. The van der Waals surface area contributed by atoms with Crippen LogP contribution in [0, 0.1) is 11.6 Å². The summed E-state index contributed by atoms with van der Waals surface area (Å²) in [5.41, 5.74) is 6.84. The zero-order valence-corrected chi connectivity index (χ0v) is 12.9. The van der Waals surface area contributed by atoms with Crippen LogP contribution in [0.2, 0.25) is 0 Å². The number of aromatic amines is 1. The van der Waals surface area contributed by atoms with E-state index < -0.39 is 22.9 Å². The number of hydrogen-bond donors (Lipinski definition) is 2. The fourth-order valence-electron chi connectivity index (χ4n) is 2.31. The standard InChI is InChI=1S/C17H17F2N3O/c1-17(2,20)9-23-15-13(18)6-10(7-14(15)19)12-8-22-16-11(12)4-3-5-21-16/h3-8H,9,20H2,1-2H3,(H,21,22). The molecular formula is C17H17F2N3O. The van der Waals surface area contributed by atoms with Gasteiger partial charge in [-0.1, -0.05) is 0 Å². The number of hydrogen-bond acceptors (Lipinski definition) is 3. The average Bonchev–Trinajstić information content (AvgIpc) is 2.89. The topological polar surface area (TPSA) is 63.9 Å². The van der Waals surface area contributed by atoms with Crippen molar-refractivity contribution in [1.29, 1.82) is 0 Å². The maximum Gasteiger partial charge on any atom is 0.190 e. The molecule has 0 fully saturated rings. The molecule has 2 aromatic heterocycles. The predicted molar refractivity (Wildman–Crippen MR) is 85.2 cm³/mol. The van der Waals surface area contributed by atoms with Crippen molar-refractivity contribution in [2.45, 2.75) is 19.4 Å². The molecule has 0 saturated heterocycles. The molecule has 3 N–H and O–H groups in total. The lowest BCUT2D eigenvalue weighted by Crippen LogP contribution is -2.39. The minimum absolute atomic E-state index is 0.0111. The molecule has 120 valence electrons. The van der Waals surface area contributed by atoms with Crippen molar-refractivity contribution < 1.29 is 13.5 Å². The van der Waals surface area contributed by atoms with Crippen LogP contribution in [-0.4, -0.2) is 22.1 Å². The number of nitrogens with zero attached hydrogens (tertiary/aromatic N) is 1. The fraction of sp³-hybridized carbons (Fsp3) is 0.235. The normalized spacial score (nSPS) is 11.9. The number of aromatic nitrogens is 2. The first-order valence-corrected chi connectivity index (χ1v) is 7.18. The van der Waals surface area contributed by atoms with Gasteiger partial charge in [-0.25, -0.2) is 13.8 Å². The minimum Gasteiger partial charge on any atom is -0.486 e. The lowest BCUT2D eigenvalue weighted by Gasteiger charge is -2.19. The Morgan fingerprint density at radius 2 is 1.96 bits per heavy atom. The molecule has 0 unspecified atom stereocenters. The summed E-state index contributed by atoms with van der Waals surface area (Å²) < 4.78 is 33.7. The van der Waals surface area contributed by atoms with Gasteiger partial charge in [-0.3, -0.25) is 0 Å². The summed E-state index contributed by atoms with van der Waals surface area (Å²) in [6.45, 7) is 3.45. The molecule has 0 bridgehead atoms. The van der Waals surface area contributed by atoms with Crippen molar-refractivity contribution in [3.63, 3.8) is 0 Å². The monoisotopic (exact) mass is 317 g/mol. The van der Waals surface area contributed by atoms with E-state index in [1.807, 2.05) is 6.07 Å². The summed E-state index contributed by atoms with van der Waals surface area (Å²) in [5, 5.41) is 0.794. The molecule has 1 aromatic carbocycles. The Morgan fingerprint density at radius 1 is 1.26 bits per heavy atom. The number of rotatable bonds is 4. The molecule has 0 aliphatic rings. The molecule has 2 heterocycles. The van der Waals surface area contributed by atoms with Gasteiger partial charge in [0.2, 0.25) is 0 Å². The van der Waals surface area contributed by atoms with Gasteiger partial charge in [0, 0.05) is 28.9 Å². The number of nitrogens with two attached hydrogens (primary N) is 1. The number of ether oxygens (including phenoxy) is 1. The van der Waals surface area contributed by atoms with E-state index in [-0.39, 0.29) is 6.61 Å². The van der Waals surface area contributed by atoms with Crippen LogP contribution in [0.5, 0.6) is 5.75 Å². The molecule has 0 saturated carbocycles. The van der Waals surface area contributed by atoms with Crippen LogP contribution in [0.25, 0.3) is 22.2 Å². The maximum absolute atomic E-state index is 14.2.